The van der Waals surface area contributed by atoms with Gasteiger partial charge >= 0.3 is 0 Å². The summed E-state index contributed by atoms with van der Waals surface area (Å²) in [6.45, 7) is 6.36. The van der Waals surface area contributed by atoms with Crippen molar-refractivity contribution in [3.8, 4) is 5.75 Å². The molecule has 1 aliphatic heterocycles. The standard InChI is InChI=1S/C27H27N3O4/c1-4-34-21-13-10-19(11-14-21)27(33)30-23-8-6-5-7-22(23)29-26(32)24(30)16-25(31)28-20-12-9-17(2)18(3)15-20/h5-15,24H,4,16H2,1-3H3,(H,28,31)(H,29,32)/t24-/m1/s1. The van der Waals surface area contributed by atoms with Crippen LogP contribution < -0.4 is 20.3 Å². The predicted molar refractivity (Wildman–Crippen MR) is 132 cm³/mol. The molecule has 0 saturated carbocycles. The van der Waals surface area contributed by atoms with E-state index in [2.05, 4.69) is 10.6 Å². The summed E-state index contributed by atoms with van der Waals surface area (Å²) in [7, 11) is 0. The number of nitrogens with zero attached hydrogens (tertiary/aromatic N) is 1. The lowest BCUT2D eigenvalue weighted by molar-refractivity contribution is -0.122. The Balaban J connectivity index is 1.62. The summed E-state index contributed by atoms with van der Waals surface area (Å²) < 4.78 is 5.46. The summed E-state index contributed by atoms with van der Waals surface area (Å²) in [6.07, 6.45) is -0.185. The smallest absolute Gasteiger partial charge is 0.259 e. The number of carbonyl (C=O) groups is 3. The van der Waals surface area contributed by atoms with Crippen molar-refractivity contribution in [3.63, 3.8) is 0 Å². The first-order chi connectivity index (χ1) is 16.4. The third-order valence-electron chi connectivity index (χ3n) is 5.84. The quantitative estimate of drug-likeness (QED) is 0.562. The highest BCUT2D eigenvalue weighted by atomic mass is 16.5. The van der Waals surface area contributed by atoms with Crippen LogP contribution in [0, 0.1) is 13.8 Å². The zero-order valence-electron chi connectivity index (χ0n) is 19.4. The van der Waals surface area contributed by atoms with Gasteiger partial charge in [-0.05, 0) is 80.4 Å². The van der Waals surface area contributed by atoms with Gasteiger partial charge in [-0.15, -0.1) is 0 Å². The molecule has 7 heteroatoms. The minimum atomic E-state index is -1.000. The van der Waals surface area contributed by atoms with E-state index < -0.39 is 11.9 Å². The molecule has 3 aromatic rings. The number of hydrogen-bond acceptors (Lipinski definition) is 4. The Hall–Kier alpha value is -4.13. The first kappa shape index (κ1) is 23.0. The number of ether oxygens (including phenoxy) is 1. The van der Waals surface area contributed by atoms with Crippen LogP contribution in [-0.4, -0.2) is 30.4 Å². The van der Waals surface area contributed by atoms with Gasteiger partial charge in [0.15, 0.2) is 0 Å². The number of amides is 3. The number of nitrogens with one attached hydrogen (secondary N) is 2. The van der Waals surface area contributed by atoms with Crippen molar-refractivity contribution in [2.75, 3.05) is 22.1 Å². The molecule has 0 aromatic heterocycles. The maximum Gasteiger partial charge on any atom is 0.259 e. The molecule has 174 valence electrons. The monoisotopic (exact) mass is 457 g/mol. The second-order valence-corrected chi connectivity index (χ2v) is 8.21. The molecule has 2 N–H and O–H groups in total. The van der Waals surface area contributed by atoms with Crippen LogP contribution in [0.5, 0.6) is 5.75 Å². The van der Waals surface area contributed by atoms with Crippen LogP contribution in [0.15, 0.2) is 66.7 Å². The normalized spacial score (nSPS) is 14.7. The van der Waals surface area contributed by atoms with Crippen LogP contribution in [0.2, 0.25) is 0 Å². The van der Waals surface area contributed by atoms with Crippen LogP contribution in [0.25, 0.3) is 0 Å². The van der Waals surface area contributed by atoms with Gasteiger partial charge in [-0.25, -0.2) is 0 Å². The largest absolute Gasteiger partial charge is 0.494 e. The molecule has 3 aromatic carbocycles. The van der Waals surface area contributed by atoms with Crippen molar-refractivity contribution in [2.24, 2.45) is 0 Å². The van der Waals surface area contributed by atoms with Gasteiger partial charge in [-0.2, -0.15) is 0 Å². The molecule has 0 bridgehead atoms. The zero-order chi connectivity index (χ0) is 24.2. The van der Waals surface area contributed by atoms with E-state index in [0.29, 0.717) is 35.0 Å². The molecule has 3 amide bonds. The highest BCUT2D eigenvalue weighted by Gasteiger charge is 2.38. The number of fused-ring (bicyclic) bond motifs is 1. The van der Waals surface area contributed by atoms with E-state index in [-0.39, 0.29) is 18.2 Å². The van der Waals surface area contributed by atoms with E-state index in [9.17, 15) is 14.4 Å². The number of aryl methyl sites for hydroxylation is 2. The summed E-state index contributed by atoms with van der Waals surface area (Å²) >= 11 is 0. The fourth-order valence-electron chi connectivity index (χ4n) is 3.93. The van der Waals surface area contributed by atoms with Crippen molar-refractivity contribution in [2.45, 2.75) is 33.2 Å². The number of carbonyl (C=O) groups excluding carboxylic acids is 3. The van der Waals surface area contributed by atoms with E-state index in [1.807, 2.05) is 39.0 Å². The summed E-state index contributed by atoms with van der Waals surface area (Å²) in [6, 6.07) is 18.5. The highest BCUT2D eigenvalue weighted by Crippen LogP contribution is 2.34. The average molecular weight is 458 g/mol. The summed E-state index contributed by atoms with van der Waals surface area (Å²) in [5.74, 6) is -0.477. The van der Waals surface area contributed by atoms with Crippen molar-refractivity contribution in [1.29, 1.82) is 0 Å². The van der Waals surface area contributed by atoms with E-state index >= 15 is 0 Å². The van der Waals surface area contributed by atoms with Crippen molar-refractivity contribution in [1.82, 2.24) is 0 Å². The van der Waals surface area contributed by atoms with E-state index in [0.717, 1.165) is 11.1 Å². The Kier molecular flexibility index (Phi) is 6.63. The Morgan fingerprint density at radius 1 is 1.00 bits per heavy atom. The summed E-state index contributed by atoms with van der Waals surface area (Å²) in [4.78, 5) is 40.9. The first-order valence-electron chi connectivity index (χ1n) is 11.2. The van der Waals surface area contributed by atoms with Crippen molar-refractivity contribution in [3.05, 3.63) is 83.4 Å². The van der Waals surface area contributed by atoms with Gasteiger partial charge in [0.25, 0.3) is 5.91 Å². The molecule has 34 heavy (non-hydrogen) atoms. The molecule has 7 nitrogen and oxygen atoms in total. The second kappa shape index (κ2) is 9.79. The van der Waals surface area contributed by atoms with Gasteiger partial charge in [0.05, 0.1) is 24.4 Å². The SMILES string of the molecule is CCOc1ccc(C(=O)N2c3ccccc3NC(=O)[C@H]2CC(=O)Nc2ccc(C)c(C)c2)cc1. The fourth-order valence-corrected chi connectivity index (χ4v) is 3.93. The van der Waals surface area contributed by atoms with Crippen LogP contribution in [-0.2, 0) is 9.59 Å². The molecule has 0 aliphatic carbocycles. The lowest BCUT2D eigenvalue weighted by atomic mass is 10.0. The number of rotatable bonds is 6. The zero-order valence-corrected chi connectivity index (χ0v) is 19.4. The Bertz CT molecular complexity index is 1240. The van der Waals surface area contributed by atoms with Crippen LogP contribution in [0.1, 0.15) is 34.8 Å². The highest BCUT2D eigenvalue weighted by molar-refractivity contribution is 6.17. The van der Waals surface area contributed by atoms with Crippen LogP contribution in [0.4, 0.5) is 17.1 Å². The van der Waals surface area contributed by atoms with E-state index in [4.69, 9.17) is 4.74 Å². The molecule has 0 unspecified atom stereocenters. The molecule has 0 spiro atoms. The Morgan fingerprint density at radius 2 is 1.74 bits per heavy atom. The molecule has 1 atom stereocenters. The van der Waals surface area contributed by atoms with Gasteiger partial charge in [0, 0.05) is 11.3 Å². The van der Waals surface area contributed by atoms with Gasteiger partial charge < -0.3 is 15.4 Å². The second-order valence-electron chi connectivity index (χ2n) is 8.21. The number of para-hydroxylation sites is 2. The summed E-state index contributed by atoms with van der Waals surface area (Å²) in [5.41, 5.74) is 4.28. The third kappa shape index (κ3) is 4.78. The number of hydrogen-bond donors (Lipinski definition) is 2. The molecule has 1 aliphatic rings. The fraction of sp³-hybridized carbons (Fsp3) is 0.222. The van der Waals surface area contributed by atoms with E-state index in [1.54, 1.807) is 48.5 Å². The van der Waals surface area contributed by atoms with E-state index in [1.165, 1.54) is 4.90 Å². The lowest BCUT2D eigenvalue weighted by Gasteiger charge is -2.36. The average Bonchev–Trinajstić information content (AvgIpc) is 2.82. The maximum absolute atomic E-state index is 13.6. The molecule has 1 heterocycles. The lowest BCUT2D eigenvalue weighted by Crippen LogP contribution is -2.52. The molecule has 0 fully saturated rings. The van der Waals surface area contributed by atoms with Gasteiger partial charge in [-0.1, -0.05) is 18.2 Å². The predicted octanol–water partition coefficient (Wildman–Crippen LogP) is 4.70. The molecular formula is C27H27N3O4. The minimum absolute atomic E-state index is 0.185. The third-order valence-corrected chi connectivity index (χ3v) is 5.84. The number of benzene rings is 3. The van der Waals surface area contributed by atoms with Crippen LogP contribution in [0.3, 0.4) is 0 Å². The first-order valence-corrected chi connectivity index (χ1v) is 11.2. The van der Waals surface area contributed by atoms with Crippen molar-refractivity contribution < 1.29 is 19.1 Å². The minimum Gasteiger partial charge on any atom is -0.494 e. The van der Waals surface area contributed by atoms with Gasteiger partial charge in [0.1, 0.15) is 11.8 Å². The van der Waals surface area contributed by atoms with Crippen LogP contribution >= 0.6 is 0 Å². The molecule has 0 saturated heterocycles. The molecule has 4 rings (SSSR count). The summed E-state index contributed by atoms with van der Waals surface area (Å²) in [5, 5.41) is 5.67. The Morgan fingerprint density at radius 3 is 2.44 bits per heavy atom. The topological polar surface area (TPSA) is 87.7 Å². The molecular weight excluding hydrogens is 430 g/mol. The number of anilines is 3. The van der Waals surface area contributed by atoms with Gasteiger partial charge in [-0.3, -0.25) is 19.3 Å². The Labute approximate surface area is 198 Å². The van der Waals surface area contributed by atoms with Gasteiger partial charge in [0.2, 0.25) is 11.8 Å². The van der Waals surface area contributed by atoms with Crippen molar-refractivity contribution >= 4 is 34.8 Å². The molecule has 0 radical (unpaired) electrons. The maximum atomic E-state index is 13.6.